The molecule has 1 amide bonds. The summed E-state index contributed by atoms with van der Waals surface area (Å²) in [6.07, 6.45) is 8.16. The van der Waals surface area contributed by atoms with Crippen LogP contribution in [0.3, 0.4) is 0 Å². The third-order valence-electron chi connectivity index (χ3n) is 3.26. The molecule has 2 rings (SSSR count). The van der Waals surface area contributed by atoms with Gasteiger partial charge in [-0.15, -0.1) is 0 Å². The van der Waals surface area contributed by atoms with Crippen molar-refractivity contribution in [3.8, 4) is 0 Å². The molecule has 0 aromatic heterocycles. The monoisotopic (exact) mass is 335 g/mol. The summed E-state index contributed by atoms with van der Waals surface area (Å²) in [6.45, 7) is 5.58. The number of benzene rings is 2. The fourth-order valence-corrected chi connectivity index (χ4v) is 2.17. The van der Waals surface area contributed by atoms with Crippen molar-refractivity contribution in [1.29, 1.82) is 0 Å². The number of ether oxygens (including phenoxy) is 1. The van der Waals surface area contributed by atoms with Crippen molar-refractivity contribution >= 4 is 17.9 Å². The molecule has 3 heteroatoms. The Kier molecular flexibility index (Phi) is 6.58. The Labute approximate surface area is 150 Å². The van der Waals surface area contributed by atoms with Crippen LogP contribution in [0.1, 0.15) is 32.8 Å². The fourth-order valence-electron chi connectivity index (χ4n) is 2.17. The molecular weight excluding hydrogens is 310 g/mol. The summed E-state index contributed by atoms with van der Waals surface area (Å²) >= 11 is 0. The third-order valence-corrected chi connectivity index (χ3v) is 3.26. The Morgan fingerprint density at radius 3 is 2.16 bits per heavy atom. The van der Waals surface area contributed by atoms with Crippen LogP contribution in [0.5, 0.6) is 0 Å². The number of para-hydroxylation sites is 1. The SMILES string of the molecule is CC(C)(C)OC(=O)N(/C=C\C/C=C/c1ccccc1)c1ccccc1. The van der Waals surface area contributed by atoms with E-state index in [0.717, 1.165) is 17.7 Å². The molecule has 0 atom stereocenters. The van der Waals surface area contributed by atoms with Gasteiger partial charge in [-0.05, 0) is 44.9 Å². The number of allylic oxidation sites excluding steroid dienone is 2. The van der Waals surface area contributed by atoms with Crippen LogP contribution in [0.2, 0.25) is 0 Å². The van der Waals surface area contributed by atoms with E-state index in [2.05, 4.69) is 24.3 Å². The average molecular weight is 335 g/mol. The zero-order valence-electron chi connectivity index (χ0n) is 15.1. The molecule has 2 aromatic carbocycles. The van der Waals surface area contributed by atoms with Crippen molar-refractivity contribution < 1.29 is 9.53 Å². The smallest absolute Gasteiger partial charge is 0.418 e. The van der Waals surface area contributed by atoms with Gasteiger partial charge in [0.1, 0.15) is 5.60 Å². The standard InChI is InChI=1S/C22H25NO2/c1-22(2,3)25-21(24)23(20-16-10-5-11-17-20)18-12-6-9-15-19-13-7-4-8-14-19/h4-5,7-18H,6H2,1-3H3/b15-9+,18-12-. The molecule has 0 spiro atoms. The molecule has 130 valence electrons. The minimum absolute atomic E-state index is 0.387. The Hall–Kier alpha value is -2.81. The third kappa shape index (κ3) is 6.68. The lowest BCUT2D eigenvalue weighted by molar-refractivity contribution is 0.0596. The van der Waals surface area contributed by atoms with Gasteiger partial charge in [0.15, 0.2) is 0 Å². The number of hydrogen-bond acceptors (Lipinski definition) is 2. The van der Waals surface area contributed by atoms with E-state index >= 15 is 0 Å². The summed E-state index contributed by atoms with van der Waals surface area (Å²) in [6, 6.07) is 19.6. The van der Waals surface area contributed by atoms with Gasteiger partial charge in [0.05, 0.1) is 5.69 Å². The molecular formula is C22H25NO2. The number of rotatable bonds is 5. The fraction of sp³-hybridized carbons (Fsp3) is 0.227. The van der Waals surface area contributed by atoms with Gasteiger partial charge in [0.2, 0.25) is 0 Å². The first-order chi connectivity index (χ1) is 12.0. The summed E-state index contributed by atoms with van der Waals surface area (Å²) < 4.78 is 5.50. The molecule has 0 saturated heterocycles. The first-order valence-corrected chi connectivity index (χ1v) is 8.41. The maximum Gasteiger partial charge on any atom is 0.418 e. The minimum Gasteiger partial charge on any atom is -0.443 e. The largest absolute Gasteiger partial charge is 0.443 e. The molecule has 0 heterocycles. The molecule has 0 radical (unpaired) electrons. The van der Waals surface area contributed by atoms with Crippen LogP contribution in [0.25, 0.3) is 6.08 Å². The lowest BCUT2D eigenvalue weighted by Gasteiger charge is -2.25. The van der Waals surface area contributed by atoms with E-state index in [1.165, 1.54) is 4.90 Å². The Balaban J connectivity index is 2.05. The van der Waals surface area contributed by atoms with Crippen LogP contribution in [-0.4, -0.2) is 11.7 Å². The highest BCUT2D eigenvalue weighted by Gasteiger charge is 2.21. The van der Waals surface area contributed by atoms with Crippen molar-refractivity contribution in [3.05, 3.63) is 84.6 Å². The number of anilines is 1. The van der Waals surface area contributed by atoms with Crippen LogP contribution in [-0.2, 0) is 4.74 Å². The molecule has 0 bridgehead atoms. The van der Waals surface area contributed by atoms with E-state index in [9.17, 15) is 4.79 Å². The van der Waals surface area contributed by atoms with Crippen molar-refractivity contribution in [2.24, 2.45) is 0 Å². The van der Waals surface area contributed by atoms with E-state index in [1.54, 1.807) is 6.20 Å². The van der Waals surface area contributed by atoms with Crippen LogP contribution in [0, 0.1) is 0 Å². The molecule has 2 aromatic rings. The van der Waals surface area contributed by atoms with Crippen LogP contribution in [0.4, 0.5) is 10.5 Å². The van der Waals surface area contributed by atoms with Crippen molar-refractivity contribution in [1.82, 2.24) is 0 Å². The number of amides is 1. The van der Waals surface area contributed by atoms with E-state index in [4.69, 9.17) is 4.74 Å². The summed E-state index contributed by atoms with van der Waals surface area (Å²) in [5.41, 5.74) is 1.40. The van der Waals surface area contributed by atoms with E-state index < -0.39 is 5.60 Å². The van der Waals surface area contributed by atoms with Crippen molar-refractivity contribution in [2.45, 2.75) is 32.8 Å². The lowest BCUT2D eigenvalue weighted by Crippen LogP contribution is -2.33. The molecule has 0 aliphatic heterocycles. The lowest BCUT2D eigenvalue weighted by atomic mass is 10.2. The predicted octanol–water partition coefficient (Wildman–Crippen LogP) is 6.05. The predicted molar refractivity (Wildman–Crippen MR) is 104 cm³/mol. The molecule has 0 aliphatic carbocycles. The van der Waals surface area contributed by atoms with Crippen LogP contribution in [0.15, 0.2) is 79.0 Å². The zero-order valence-corrected chi connectivity index (χ0v) is 15.1. The summed E-state index contributed by atoms with van der Waals surface area (Å²) in [5, 5.41) is 0. The minimum atomic E-state index is -0.537. The van der Waals surface area contributed by atoms with Crippen LogP contribution >= 0.6 is 0 Å². The molecule has 0 unspecified atom stereocenters. The first kappa shape index (κ1) is 18.5. The molecule has 0 N–H and O–H groups in total. The highest BCUT2D eigenvalue weighted by Crippen LogP contribution is 2.18. The Bertz CT molecular complexity index is 713. The highest BCUT2D eigenvalue weighted by molar-refractivity contribution is 5.89. The highest BCUT2D eigenvalue weighted by atomic mass is 16.6. The molecule has 0 aliphatic rings. The maximum absolute atomic E-state index is 12.5. The van der Waals surface area contributed by atoms with Gasteiger partial charge in [0.25, 0.3) is 0 Å². The Morgan fingerprint density at radius 2 is 1.56 bits per heavy atom. The van der Waals surface area contributed by atoms with Gasteiger partial charge >= 0.3 is 6.09 Å². The summed E-state index contributed by atoms with van der Waals surface area (Å²) in [7, 11) is 0. The van der Waals surface area contributed by atoms with Gasteiger partial charge in [-0.25, -0.2) is 4.79 Å². The second kappa shape index (κ2) is 8.88. The zero-order chi connectivity index (χ0) is 18.1. The number of carbonyl (C=O) groups excluding carboxylic acids is 1. The van der Waals surface area contributed by atoms with E-state index in [-0.39, 0.29) is 6.09 Å². The molecule has 25 heavy (non-hydrogen) atoms. The quantitative estimate of drug-likeness (QED) is 0.666. The molecule has 0 saturated carbocycles. The topological polar surface area (TPSA) is 29.5 Å². The van der Waals surface area contributed by atoms with E-state index in [1.807, 2.05) is 75.4 Å². The Morgan fingerprint density at radius 1 is 0.960 bits per heavy atom. The van der Waals surface area contributed by atoms with Crippen LogP contribution < -0.4 is 4.90 Å². The first-order valence-electron chi connectivity index (χ1n) is 8.41. The van der Waals surface area contributed by atoms with Gasteiger partial charge in [0, 0.05) is 6.20 Å². The van der Waals surface area contributed by atoms with Gasteiger partial charge in [-0.1, -0.05) is 66.8 Å². The summed E-state index contributed by atoms with van der Waals surface area (Å²) in [5.74, 6) is 0. The van der Waals surface area contributed by atoms with Gasteiger partial charge in [-0.2, -0.15) is 0 Å². The number of carbonyl (C=O) groups is 1. The van der Waals surface area contributed by atoms with Crippen molar-refractivity contribution in [3.63, 3.8) is 0 Å². The maximum atomic E-state index is 12.5. The number of hydrogen-bond donors (Lipinski definition) is 0. The van der Waals surface area contributed by atoms with Crippen molar-refractivity contribution in [2.75, 3.05) is 4.90 Å². The average Bonchev–Trinajstić information content (AvgIpc) is 2.58. The second-order valence-electron chi connectivity index (χ2n) is 6.62. The second-order valence-corrected chi connectivity index (χ2v) is 6.62. The van der Waals surface area contributed by atoms with Gasteiger partial charge in [-0.3, -0.25) is 4.90 Å². The summed E-state index contributed by atoms with van der Waals surface area (Å²) in [4.78, 5) is 14.0. The normalized spacial score (nSPS) is 11.8. The number of nitrogens with zero attached hydrogens (tertiary/aromatic N) is 1. The molecule has 0 fully saturated rings. The molecule has 3 nitrogen and oxygen atoms in total. The van der Waals surface area contributed by atoms with Gasteiger partial charge < -0.3 is 4.74 Å². The van der Waals surface area contributed by atoms with E-state index in [0.29, 0.717) is 0 Å².